The number of nitrogens with one attached hydrogen (secondary N) is 1. The highest BCUT2D eigenvalue weighted by Gasteiger charge is 2.41. The van der Waals surface area contributed by atoms with Crippen LogP contribution in [0.5, 0.6) is 0 Å². The smallest absolute Gasteiger partial charge is 0.243 e. The second-order valence-corrected chi connectivity index (χ2v) is 7.43. The first-order valence-corrected chi connectivity index (χ1v) is 8.51. The van der Waals surface area contributed by atoms with Crippen molar-refractivity contribution in [3.63, 3.8) is 0 Å². The number of nitrogen functional groups attached to an aromatic ring is 1. The first kappa shape index (κ1) is 13.8. The van der Waals surface area contributed by atoms with Gasteiger partial charge in [0.15, 0.2) is 0 Å². The molecule has 0 spiro atoms. The maximum absolute atomic E-state index is 12.8. The maximum Gasteiger partial charge on any atom is 0.243 e. The molecule has 20 heavy (non-hydrogen) atoms. The number of aromatic nitrogens is 1. The van der Waals surface area contributed by atoms with E-state index in [1.807, 2.05) is 0 Å². The highest BCUT2D eigenvalue weighted by atomic mass is 32.2. The Bertz CT molecular complexity index is 590. The Hall–Kier alpha value is -1.18. The molecular formula is C13H20N4O2S. The number of nitrogens with zero attached hydrogens (tertiary/aromatic N) is 2. The molecule has 2 unspecified atom stereocenters. The summed E-state index contributed by atoms with van der Waals surface area (Å²) < 4.78 is 27.4. The Morgan fingerprint density at radius 3 is 2.90 bits per heavy atom. The van der Waals surface area contributed by atoms with Gasteiger partial charge in [0.05, 0.1) is 4.90 Å². The van der Waals surface area contributed by atoms with Crippen LogP contribution < -0.4 is 11.3 Å². The summed E-state index contributed by atoms with van der Waals surface area (Å²) >= 11 is 0. The summed E-state index contributed by atoms with van der Waals surface area (Å²) in [6.45, 7) is 0.622. The molecule has 0 amide bonds. The number of hydrazine groups is 1. The van der Waals surface area contributed by atoms with E-state index in [0.29, 0.717) is 18.3 Å². The van der Waals surface area contributed by atoms with E-state index in [-0.39, 0.29) is 10.9 Å². The molecule has 1 aliphatic heterocycles. The van der Waals surface area contributed by atoms with E-state index in [0.717, 1.165) is 32.1 Å². The third-order valence-electron chi connectivity index (χ3n) is 4.43. The van der Waals surface area contributed by atoms with E-state index >= 15 is 0 Å². The zero-order chi connectivity index (χ0) is 14.2. The zero-order valence-corrected chi connectivity index (χ0v) is 12.1. The molecule has 3 rings (SSSR count). The molecule has 3 N–H and O–H groups in total. The van der Waals surface area contributed by atoms with Crippen molar-refractivity contribution >= 4 is 15.8 Å². The van der Waals surface area contributed by atoms with E-state index in [1.165, 1.54) is 18.3 Å². The third kappa shape index (κ3) is 2.30. The van der Waals surface area contributed by atoms with Crippen molar-refractivity contribution in [2.75, 3.05) is 12.0 Å². The molecule has 0 aromatic carbocycles. The number of pyridine rings is 1. The second-order valence-electron chi connectivity index (χ2n) is 5.54. The first-order valence-electron chi connectivity index (χ1n) is 7.07. The number of nitrogens with two attached hydrogens (primary N) is 1. The van der Waals surface area contributed by atoms with E-state index in [1.54, 1.807) is 4.31 Å². The van der Waals surface area contributed by atoms with Gasteiger partial charge in [0.25, 0.3) is 0 Å². The fourth-order valence-electron chi connectivity index (χ4n) is 3.49. The summed E-state index contributed by atoms with van der Waals surface area (Å²) in [5, 5.41) is 0. The van der Waals surface area contributed by atoms with Crippen LogP contribution in [-0.2, 0) is 10.0 Å². The van der Waals surface area contributed by atoms with Gasteiger partial charge in [-0.3, -0.25) is 0 Å². The molecule has 1 aliphatic carbocycles. The van der Waals surface area contributed by atoms with Crippen LogP contribution in [0, 0.1) is 5.92 Å². The molecule has 2 atom stereocenters. The van der Waals surface area contributed by atoms with Crippen LogP contribution in [0.2, 0.25) is 0 Å². The molecule has 1 saturated heterocycles. The Morgan fingerprint density at radius 2 is 2.10 bits per heavy atom. The molecule has 1 aromatic rings. The van der Waals surface area contributed by atoms with Crippen molar-refractivity contribution in [1.82, 2.24) is 9.29 Å². The van der Waals surface area contributed by atoms with Gasteiger partial charge in [0.2, 0.25) is 10.0 Å². The Balaban J connectivity index is 1.94. The fraction of sp³-hybridized carbons (Fsp3) is 0.615. The second kappa shape index (κ2) is 5.31. The number of rotatable bonds is 3. The van der Waals surface area contributed by atoms with Crippen molar-refractivity contribution < 1.29 is 8.42 Å². The van der Waals surface area contributed by atoms with Gasteiger partial charge in [-0.2, -0.15) is 4.31 Å². The molecule has 1 aromatic heterocycles. The van der Waals surface area contributed by atoms with Gasteiger partial charge in [-0.1, -0.05) is 6.42 Å². The average molecular weight is 296 g/mol. The lowest BCUT2D eigenvalue weighted by Gasteiger charge is -2.36. The number of piperidine rings is 1. The van der Waals surface area contributed by atoms with Crippen molar-refractivity contribution in [3.05, 3.63) is 18.3 Å². The summed E-state index contributed by atoms with van der Waals surface area (Å²) in [5.74, 6) is 6.21. The number of hydrogen-bond acceptors (Lipinski definition) is 5. The summed E-state index contributed by atoms with van der Waals surface area (Å²) in [7, 11) is -3.45. The monoisotopic (exact) mass is 296 g/mol. The van der Waals surface area contributed by atoms with E-state index in [4.69, 9.17) is 5.84 Å². The van der Waals surface area contributed by atoms with Gasteiger partial charge in [-0.15, -0.1) is 0 Å². The molecule has 2 heterocycles. The molecule has 6 nitrogen and oxygen atoms in total. The van der Waals surface area contributed by atoms with Crippen LogP contribution in [0.1, 0.15) is 32.1 Å². The van der Waals surface area contributed by atoms with Crippen LogP contribution in [0.25, 0.3) is 0 Å². The highest BCUT2D eigenvalue weighted by Crippen LogP contribution is 2.39. The number of fused-ring (bicyclic) bond motifs is 1. The molecule has 2 fully saturated rings. The lowest BCUT2D eigenvalue weighted by Crippen LogP contribution is -2.46. The van der Waals surface area contributed by atoms with Crippen LogP contribution >= 0.6 is 0 Å². The summed E-state index contributed by atoms with van der Waals surface area (Å²) in [6, 6.07) is 3.21. The summed E-state index contributed by atoms with van der Waals surface area (Å²) in [6.07, 6.45) is 6.85. The minimum atomic E-state index is -3.45. The van der Waals surface area contributed by atoms with Crippen molar-refractivity contribution in [2.24, 2.45) is 11.8 Å². The number of hydrogen-bond donors (Lipinski definition) is 2. The summed E-state index contributed by atoms with van der Waals surface area (Å²) in [4.78, 5) is 4.24. The van der Waals surface area contributed by atoms with Crippen LogP contribution in [0.3, 0.4) is 0 Å². The maximum atomic E-state index is 12.8. The van der Waals surface area contributed by atoms with Crippen LogP contribution in [-0.4, -0.2) is 30.3 Å². The lowest BCUT2D eigenvalue weighted by atomic mass is 9.94. The topological polar surface area (TPSA) is 88.3 Å². The SMILES string of the molecule is NNc1cc(S(=O)(=O)N2CCCC3CCCC32)ccn1. The van der Waals surface area contributed by atoms with E-state index < -0.39 is 10.0 Å². The molecule has 1 saturated carbocycles. The molecule has 110 valence electrons. The first-order chi connectivity index (χ1) is 9.63. The van der Waals surface area contributed by atoms with Gasteiger partial charge >= 0.3 is 0 Å². The zero-order valence-electron chi connectivity index (χ0n) is 11.3. The minimum absolute atomic E-state index is 0.177. The van der Waals surface area contributed by atoms with Gasteiger partial charge in [-0.25, -0.2) is 19.2 Å². The predicted molar refractivity (Wildman–Crippen MR) is 76.3 cm³/mol. The van der Waals surface area contributed by atoms with Crippen LogP contribution in [0.4, 0.5) is 5.82 Å². The molecule has 0 bridgehead atoms. The molecule has 0 radical (unpaired) electrons. The molecule has 2 aliphatic rings. The molecule has 7 heteroatoms. The summed E-state index contributed by atoms with van der Waals surface area (Å²) in [5.41, 5.74) is 2.39. The van der Waals surface area contributed by atoms with Crippen molar-refractivity contribution in [1.29, 1.82) is 0 Å². The van der Waals surface area contributed by atoms with Crippen LogP contribution in [0.15, 0.2) is 23.2 Å². The predicted octanol–water partition coefficient (Wildman–Crippen LogP) is 1.32. The lowest BCUT2D eigenvalue weighted by molar-refractivity contribution is 0.202. The normalized spacial score (nSPS) is 27.2. The van der Waals surface area contributed by atoms with Gasteiger partial charge in [-0.05, 0) is 37.7 Å². The number of anilines is 1. The van der Waals surface area contributed by atoms with E-state index in [2.05, 4.69) is 10.4 Å². The van der Waals surface area contributed by atoms with Gasteiger partial charge < -0.3 is 5.43 Å². The Morgan fingerprint density at radius 1 is 1.30 bits per heavy atom. The van der Waals surface area contributed by atoms with Gasteiger partial charge in [0.1, 0.15) is 5.82 Å². The van der Waals surface area contributed by atoms with Crippen molar-refractivity contribution in [2.45, 2.75) is 43.0 Å². The third-order valence-corrected chi connectivity index (χ3v) is 6.35. The standard InChI is InChI=1S/C13H20N4O2S/c14-16-13-9-11(6-7-15-13)20(18,19)17-8-2-4-10-3-1-5-12(10)17/h6-7,9-10,12H,1-5,8,14H2,(H,15,16). The molecular weight excluding hydrogens is 276 g/mol. The fourth-order valence-corrected chi connectivity index (χ4v) is 5.26. The van der Waals surface area contributed by atoms with Gasteiger partial charge in [0, 0.05) is 24.8 Å². The number of sulfonamides is 1. The largest absolute Gasteiger partial charge is 0.308 e. The van der Waals surface area contributed by atoms with E-state index in [9.17, 15) is 8.42 Å². The Kier molecular flexibility index (Phi) is 3.66. The van der Waals surface area contributed by atoms with Crippen molar-refractivity contribution in [3.8, 4) is 0 Å². The quantitative estimate of drug-likeness (QED) is 0.649. The Labute approximate surface area is 119 Å². The minimum Gasteiger partial charge on any atom is -0.308 e. The highest BCUT2D eigenvalue weighted by molar-refractivity contribution is 7.89. The average Bonchev–Trinajstić information content (AvgIpc) is 2.95.